The zero-order valence-corrected chi connectivity index (χ0v) is 13.4. The average Bonchev–Trinajstić information content (AvgIpc) is 2.59. The summed E-state index contributed by atoms with van der Waals surface area (Å²) in [6.45, 7) is 2.03. The summed E-state index contributed by atoms with van der Waals surface area (Å²) in [5.41, 5.74) is 1.91. The number of aryl methyl sites for hydroxylation is 1. The molecule has 1 saturated carbocycles. The first-order valence-electron chi connectivity index (χ1n) is 8.22. The number of nitrogens with zero attached hydrogens (tertiary/aromatic N) is 1. The molecule has 0 bridgehead atoms. The second-order valence-corrected chi connectivity index (χ2v) is 6.12. The molecule has 0 unspecified atom stereocenters. The van der Waals surface area contributed by atoms with Gasteiger partial charge in [-0.05, 0) is 38.0 Å². The molecule has 0 spiro atoms. The second-order valence-electron chi connectivity index (χ2n) is 6.12. The first kappa shape index (κ1) is 15.5. The van der Waals surface area contributed by atoms with Gasteiger partial charge in [-0.2, -0.15) is 0 Å². The van der Waals surface area contributed by atoms with E-state index in [4.69, 9.17) is 4.74 Å². The molecule has 1 N–H and O–H groups in total. The van der Waals surface area contributed by atoms with Crippen LogP contribution in [-0.4, -0.2) is 10.9 Å². The average molecular weight is 310 g/mol. The lowest BCUT2D eigenvalue weighted by Crippen LogP contribution is -2.24. The van der Waals surface area contributed by atoms with Crippen molar-refractivity contribution in [2.75, 3.05) is 5.32 Å². The van der Waals surface area contributed by atoms with Crippen LogP contribution in [0, 0.1) is 12.8 Å². The molecular weight excluding hydrogens is 288 g/mol. The molecule has 1 aromatic carbocycles. The van der Waals surface area contributed by atoms with Gasteiger partial charge < -0.3 is 10.1 Å². The van der Waals surface area contributed by atoms with Gasteiger partial charge >= 0.3 is 0 Å². The van der Waals surface area contributed by atoms with E-state index in [0.29, 0.717) is 5.88 Å². The van der Waals surface area contributed by atoms with E-state index in [1.807, 2.05) is 37.3 Å². The van der Waals surface area contributed by atoms with Crippen molar-refractivity contribution in [3.05, 3.63) is 48.2 Å². The number of hydrogen-bond acceptors (Lipinski definition) is 3. The van der Waals surface area contributed by atoms with Gasteiger partial charge in [-0.1, -0.05) is 37.0 Å². The van der Waals surface area contributed by atoms with Crippen LogP contribution < -0.4 is 10.1 Å². The molecule has 1 fully saturated rings. The maximum atomic E-state index is 12.2. The quantitative estimate of drug-likeness (QED) is 0.890. The van der Waals surface area contributed by atoms with Crippen molar-refractivity contribution in [1.29, 1.82) is 0 Å². The first-order valence-corrected chi connectivity index (χ1v) is 8.22. The Morgan fingerprint density at radius 1 is 1.09 bits per heavy atom. The van der Waals surface area contributed by atoms with Gasteiger partial charge in [0.15, 0.2) is 0 Å². The Balaban J connectivity index is 1.58. The number of carbonyl (C=O) groups is 1. The number of nitrogens with one attached hydrogen (secondary N) is 1. The third-order valence-electron chi connectivity index (χ3n) is 4.22. The molecule has 23 heavy (non-hydrogen) atoms. The fourth-order valence-corrected chi connectivity index (χ4v) is 2.85. The maximum Gasteiger partial charge on any atom is 0.227 e. The van der Waals surface area contributed by atoms with Gasteiger partial charge in [0, 0.05) is 12.0 Å². The van der Waals surface area contributed by atoms with E-state index in [0.717, 1.165) is 37.1 Å². The van der Waals surface area contributed by atoms with Gasteiger partial charge in [0.2, 0.25) is 11.8 Å². The molecule has 0 aliphatic heterocycles. The predicted octanol–water partition coefficient (Wildman–Crippen LogP) is 4.70. The topological polar surface area (TPSA) is 51.2 Å². The normalized spacial score (nSPS) is 15.2. The molecule has 120 valence electrons. The maximum absolute atomic E-state index is 12.2. The number of benzene rings is 1. The summed E-state index contributed by atoms with van der Waals surface area (Å²) < 4.78 is 5.69. The minimum Gasteiger partial charge on any atom is -0.439 e. The smallest absolute Gasteiger partial charge is 0.227 e. The zero-order valence-electron chi connectivity index (χ0n) is 13.4. The number of hydrogen-bond donors (Lipinski definition) is 1. The summed E-state index contributed by atoms with van der Waals surface area (Å²) in [5.74, 6) is 1.53. The Bertz CT molecular complexity index is 644. The van der Waals surface area contributed by atoms with Crippen molar-refractivity contribution in [3.8, 4) is 11.6 Å². The monoisotopic (exact) mass is 310 g/mol. The number of anilines is 1. The van der Waals surface area contributed by atoms with Gasteiger partial charge in [0.1, 0.15) is 5.75 Å². The number of amides is 1. The minimum absolute atomic E-state index is 0.110. The number of aromatic nitrogens is 1. The Kier molecular flexibility index (Phi) is 4.91. The standard InChI is InChI=1S/C19H22N2O2/c1-14-7-10-17(11-8-14)23-18-12-9-16(13-20-18)21-19(22)15-5-3-2-4-6-15/h7-13,15H,2-6H2,1H3,(H,21,22). The molecule has 4 heteroatoms. The van der Waals surface area contributed by atoms with Crippen LogP contribution in [0.5, 0.6) is 11.6 Å². The fraction of sp³-hybridized carbons (Fsp3) is 0.368. The van der Waals surface area contributed by atoms with Gasteiger partial charge in [0.05, 0.1) is 11.9 Å². The summed E-state index contributed by atoms with van der Waals surface area (Å²) in [6.07, 6.45) is 7.18. The molecule has 1 heterocycles. The molecule has 0 radical (unpaired) electrons. The molecule has 4 nitrogen and oxygen atoms in total. The first-order chi connectivity index (χ1) is 11.2. The Labute approximate surface area is 136 Å². The SMILES string of the molecule is Cc1ccc(Oc2ccc(NC(=O)C3CCCCC3)cn2)cc1. The lowest BCUT2D eigenvalue weighted by Gasteiger charge is -2.20. The van der Waals surface area contributed by atoms with Gasteiger partial charge in [-0.15, -0.1) is 0 Å². The Hall–Kier alpha value is -2.36. The lowest BCUT2D eigenvalue weighted by molar-refractivity contribution is -0.120. The molecule has 3 rings (SSSR count). The van der Waals surface area contributed by atoms with Crippen molar-refractivity contribution in [3.63, 3.8) is 0 Å². The highest BCUT2D eigenvalue weighted by atomic mass is 16.5. The summed E-state index contributed by atoms with van der Waals surface area (Å²) in [7, 11) is 0. The van der Waals surface area contributed by atoms with Crippen LogP contribution in [0.25, 0.3) is 0 Å². The number of carbonyl (C=O) groups excluding carboxylic acids is 1. The van der Waals surface area contributed by atoms with Gasteiger partial charge in [0.25, 0.3) is 0 Å². The summed E-state index contributed by atoms with van der Waals surface area (Å²) in [6, 6.07) is 11.4. The van der Waals surface area contributed by atoms with Gasteiger partial charge in [-0.3, -0.25) is 4.79 Å². The largest absolute Gasteiger partial charge is 0.439 e. The van der Waals surface area contributed by atoms with E-state index in [2.05, 4.69) is 10.3 Å². The second kappa shape index (κ2) is 7.27. The van der Waals surface area contributed by atoms with Crippen molar-refractivity contribution >= 4 is 11.6 Å². The van der Waals surface area contributed by atoms with Crippen molar-refractivity contribution < 1.29 is 9.53 Å². The van der Waals surface area contributed by atoms with E-state index in [1.54, 1.807) is 12.3 Å². The van der Waals surface area contributed by atoms with Crippen LogP contribution in [0.3, 0.4) is 0 Å². The molecule has 1 aliphatic rings. The highest BCUT2D eigenvalue weighted by Gasteiger charge is 2.21. The minimum atomic E-state index is 0.110. The van der Waals surface area contributed by atoms with Crippen LogP contribution in [0.1, 0.15) is 37.7 Å². The van der Waals surface area contributed by atoms with Crippen LogP contribution >= 0.6 is 0 Å². The molecule has 1 aliphatic carbocycles. The summed E-state index contributed by atoms with van der Waals surface area (Å²) in [4.78, 5) is 16.5. The summed E-state index contributed by atoms with van der Waals surface area (Å²) >= 11 is 0. The van der Waals surface area contributed by atoms with Crippen LogP contribution in [0.4, 0.5) is 5.69 Å². The highest BCUT2D eigenvalue weighted by molar-refractivity contribution is 5.92. The zero-order chi connectivity index (χ0) is 16.1. The Morgan fingerprint density at radius 2 is 1.83 bits per heavy atom. The molecule has 1 aromatic heterocycles. The molecule has 2 aromatic rings. The number of ether oxygens (including phenoxy) is 1. The molecule has 0 saturated heterocycles. The number of rotatable bonds is 4. The molecular formula is C19H22N2O2. The highest BCUT2D eigenvalue weighted by Crippen LogP contribution is 2.25. The van der Waals surface area contributed by atoms with Crippen LogP contribution in [0.15, 0.2) is 42.6 Å². The van der Waals surface area contributed by atoms with Crippen LogP contribution in [0.2, 0.25) is 0 Å². The van der Waals surface area contributed by atoms with Gasteiger partial charge in [-0.25, -0.2) is 4.98 Å². The number of pyridine rings is 1. The van der Waals surface area contributed by atoms with E-state index in [1.165, 1.54) is 12.0 Å². The fourth-order valence-electron chi connectivity index (χ4n) is 2.85. The molecule has 0 atom stereocenters. The van der Waals surface area contributed by atoms with E-state index < -0.39 is 0 Å². The lowest BCUT2D eigenvalue weighted by atomic mass is 9.88. The van der Waals surface area contributed by atoms with E-state index >= 15 is 0 Å². The van der Waals surface area contributed by atoms with E-state index in [-0.39, 0.29) is 11.8 Å². The molecule has 1 amide bonds. The van der Waals surface area contributed by atoms with Crippen LogP contribution in [-0.2, 0) is 4.79 Å². The predicted molar refractivity (Wildman–Crippen MR) is 90.7 cm³/mol. The third-order valence-corrected chi connectivity index (χ3v) is 4.22. The third kappa shape index (κ3) is 4.31. The van der Waals surface area contributed by atoms with Crippen molar-refractivity contribution in [2.24, 2.45) is 5.92 Å². The Morgan fingerprint density at radius 3 is 2.48 bits per heavy atom. The summed E-state index contributed by atoms with van der Waals surface area (Å²) in [5, 5.41) is 2.95. The van der Waals surface area contributed by atoms with Crippen molar-refractivity contribution in [2.45, 2.75) is 39.0 Å². The van der Waals surface area contributed by atoms with E-state index in [9.17, 15) is 4.79 Å². The van der Waals surface area contributed by atoms with Crippen molar-refractivity contribution in [1.82, 2.24) is 4.98 Å².